The molecule has 5 nitrogen and oxygen atoms in total. The molecule has 0 radical (unpaired) electrons. The van der Waals surface area contributed by atoms with Crippen molar-refractivity contribution in [2.75, 3.05) is 13.2 Å². The standard InChI is InChI=1S/C31H37N3O2/c1-23-13-6-7-16-26(23)31(35)32-20-10-4-5-19-29-33-27-17-8-9-18-28(27)34(29)21-12-22-36-30-24(2)14-11-15-25(30)3/h6-9,11,13-18H,4-5,10,12,19-22H2,1-3H3,(H,32,35). The lowest BCUT2D eigenvalue weighted by atomic mass is 10.1. The average Bonchev–Trinajstić information content (AvgIpc) is 3.22. The minimum absolute atomic E-state index is 0.0120. The van der Waals surface area contributed by atoms with Crippen LogP contribution in [0.2, 0.25) is 0 Å². The van der Waals surface area contributed by atoms with Crippen molar-refractivity contribution < 1.29 is 9.53 Å². The first kappa shape index (κ1) is 25.5. The van der Waals surface area contributed by atoms with E-state index in [2.05, 4.69) is 60.1 Å². The number of carbonyl (C=O) groups is 1. The maximum Gasteiger partial charge on any atom is 0.251 e. The summed E-state index contributed by atoms with van der Waals surface area (Å²) in [5, 5.41) is 3.05. The summed E-state index contributed by atoms with van der Waals surface area (Å²) in [5.74, 6) is 2.15. The molecule has 1 amide bonds. The molecular formula is C31H37N3O2. The fraction of sp³-hybridized carbons (Fsp3) is 0.355. The molecule has 4 aromatic rings. The van der Waals surface area contributed by atoms with Gasteiger partial charge in [0.15, 0.2) is 0 Å². The van der Waals surface area contributed by atoms with Crippen LogP contribution >= 0.6 is 0 Å². The number of nitrogens with zero attached hydrogens (tertiary/aromatic N) is 2. The summed E-state index contributed by atoms with van der Waals surface area (Å²) in [7, 11) is 0. The molecule has 0 unspecified atom stereocenters. The van der Waals surface area contributed by atoms with Crippen LogP contribution in [0, 0.1) is 20.8 Å². The number of imidazole rings is 1. The molecule has 0 saturated heterocycles. The van der Waals surface area contributed by atoms with Crippen LogP contribution in [-0.2, 0) is 13.0 Å². The van der Waals surface area contributed by atoms with E-state index in [1.165, 1.54) is 16.6 Å². The topological polar surface area (TPSA) is 56.2 Å². The van der Waals surface area contributed by atoms with Crippen LogP contribution in [0.15, 0.2) is 66.7 Å². The van der Waals surface area contributed by atoms with Crippen molar-refractivity contribution in [3.05, 3.63) is 94.8 Å². The second-order valence-corrected chi connectivity index (χ2v) is 9.47. The highest BCUT2D eigenvalue weighted by Crippen LogP contribution is 2.23. The zero-order valence-corrected chi connectivity index (χ0v) is 21.7. The van der Waals surface area contributed by atoms with E-state index in [9.17, 15) is 4.79 Å². The highest BCUT2D eigenvalue weighted by molar-refractivity contribution is 5.95. The minimum Gasteiger partial charge on any atom is -0.493 e. The highest BCUT2D eigenvalue weighted by Gasteiger charge is 2.11. The molecule has 0 bridgehead atoms. The monoisotopic (exact) mass is 483 g/mol. The maximum atomic E-state index is 12.4. The number of amides is 1. The first-order valence-corrected chi connectivity index (χ1v) is 13.0. The number of unbranched alkanes of at least 4 members (excludes halogenated alkanes) is 2. The molecular weight excluding hydrogens is 446 g/mol. The van der Waals surface area contributed by atoms with Crippen molar-refractivity contribution in [2.24, 2.45) is 0 Å². The zero-order valence-electron chi connectivity index (χ0n) is 21.7. The van der Waals surface area contributed by atoms with Crippen molar-refractivity contribution in [3.8, 4) is 5.75 Å². The predicted octanol–water partition coefficient (Wildman–Crippen LogP) is 6.57. The maximum absolute atomic E-state index is 12.4. The van der Waals surface area contributed by atoms with Gasteiger partial charge in [0.2, 0.25) is 0 Å². The van der Waals surface area contributed by atoms with Crippen molar-refractivity contribution in [1.29, 1.82) is 0 Å². The lowest BCUT2D eigenvalue weighted by molar-refractivity contribution is 0.0952. The normalized spacial score (nSPS) is 11.1. The number of nitrogens with one attached hydrogen (secondary N) is 1. The lowest BCUT2D eigenvalue weighted by Gasteiger charge is -2.13. The zero-order chi connectivity index (χ0) is 25.3. The molecule has 0 fully saturated rings. The summed E-state index contributed by atoms with van der Waals surface area (Å²) in [5.41, 5.74) is 6.36. The van der Waals surface area contributed by atoms with Gasteiger partial charge in [-0.05, 0) is 74.9 Å². The Morgan fingerprint density at radius 3 is 2.36 bits per heavy atom. The van der Waals surface area contributed by atoms with Gasteiger partial charge in [-0.1, -0.05) is 55.0 Å². The number of fused-ring (bicyclic) bond motifs is 1. The fourth-order valence-electron chi connectivity index (χ4n) is 4.70. The van der Waals surface area contributed by atoms with Gasteiger partial charge in [0.1, 0.15) is 11.6 Å². The fourth-order valence-corrected chi connectivity index (χ4v) is 4.70. The number of benzene rings is 3. The number of hydrogen-bond donors (Lipinski definition) is 1. The van der Waals surface area contributed by atoms with Crippen molar-refractivity contribution in [1.82, 2.24) is 14.9 Å². The van der Waals surface area contributed by atoms with Crippen molar-refractivity contribution >= 4 is 16.9 Å². The minimum atomic E-state index is 0.0120. The van der Waals surface area contributed by atoms with Gasteiger partial charge in [-0.15, -0.1) is 0 Å². The first-order valence-electron chi connectivity index (χ1n) is 13.0. The number of rotatable bonds is 12. The van der Waals surface area contributed by atoms with Crippen LogP contribution in [0.25, 0.3) is 11.0 Å². The highest BCUT2D eigenvalue weighted by atomic mass is 16.5. The predicted molar refractivity (Wildman–Crippen MR) is 147 cm³/mol. The van der Waals surface area contributed by atoms with Gasteiger partial charge in [0.05, 0.1) is 17.6 Å². The summed E-state index contributed by atoms with van der Waals surface area (Å²) in [6.45, 7) is 8.41. The molecule has 0 aliphatic rings. The van der Waals surface area contributed by atoms with Gasteiger partial charge in [0.25, 0.3) is 5.91 Å². The molecule has 1 N–H and O–H groups in total. The third-order valence-electron chi connectivity index (χ3n) is 6.67. The van der Waals surface area contributed by atoms with Crippen LogP contribution in [0.4, 0.5) is 0 Å². The molecule has 0 saturated carbocycles. The second kappa shape index (κ2) is 12.4. The summed E-state index contributed by atoms with van der Waals surface area (Å²) in [4.78, 5) is 17.3. The molecule has 5 heteroatoms. The van der Waals surface area contributed by atoms with Gasteiger partial charge < -0.3 is 14.6 Å². The molecule has 1 heterocycles. The summed E-state index contributed by atoms with van der Waals surface area (Å²) >= 11 is 0. The molecule has 188 valence electrons. The van der Waals surface area contributed by atoms with E-state index in [0.29, 0.717) is 13.2 Å². The van der Waals surface area contributed by atoms with Gasteiger partial charge in [-0.25, -0.2) is 4.98 Å². The van der Waals surface area contributed by atoms with E-state index in [1.54, 1.807) is 0 Å². The quantitative estimate of drug-likeness (QED) is 0.232. The number of aryl methyl sites for hydroxylation is 5. The largest absolute Gasteiger partial charge is 0.493 e. The second-order valence-electron chi connectivity index (χ2n) is 9.47. The molecule has 0 aliphatic carbocycles. The molecule has 1 aromatic heterocycles. The van der Waals surface area contributed by atoms with E-state index in [-0.39, 0.29) is 5.91 Å². The molecule has 36 heavy (non-hydrogen) atoms. The smallest absolute Gasteiger partial charge is 0.251 e. The van der Waals surface area contributed by atoms with Crippen molar-refractivity contribution in [3.63, 3.8) is 0 Å². The van der Waals surface area contributed by atoms with E-state index < -0.39 is 0 Å². The van der Waals surface area contributed by atoms with Gasteiger partial charge in [0, 0.05) is 25.1 Å². The van der Waals surface area contributed by atoms with E-state index in [1.807, 2.05) is 37.3 Å². The Labute approximate surface area is 214 Å². The number of aromatic nitrogens is 2. The Morgan fingerprint density at radius 2 is 1.56 bits per heavy atom. The Hall–Kier alpha value is -3.60. The Bertz CT molecular complexity index is 1290. The molecule has 0 spiro atoms. The van der Waals surface area contributed by atoms with Crippen LogP contribution in [0.3, 0.4) is 0 Å². The number of hydrogen-bond acceptors (Lipinski definition) is 3. The van der Waals surface area contributed by atoms with E-state index in [0.717, 1.165) is 66.9 Å². The molecule has 4 rings (SSSR count). The number of carbonyl (C=O) groups excluding carboxylic acids is 1. The first-order chi connectivity index (χ1) is 17.5. The van der Waals surface area contributed by atoms with Crippen LogP contribution in [-0.4, -0.2) is 28.6 Å². The van der Waals surface area contributed by atoms with Gasteiger partial charge in [-0.3, -0.25) is 4.79 Å². The average molecular weight is 484 g/mol. The third kappa shape index (κ3) is 6.34. The summed E-state index contributed by atoms with van der Waals surface area (Å²) in [6, 6.07) is 22.3. The van der Waals surface area contributed by atoms with Crippen LogP contribution < -0.4 is 10.1 Å². The van der Waals surface area contributed by atoms with E-state index >= 15 is 0 Å². The third-order valence-corrected chi connectivity index (χ3v) is 6.67. The SMILES string of the molecule is Cc1ccccc1C(=O)NCCCCCc1nc2ccccc2n1CCCOc1c(C)cccc1C. The Kier molecular flexibility index (Phi) is 8.77. The van der Waals surface area contributed by atoms with Crippen LogP contribution in [0.1, 0.15) is 58.6 Å². The summed E-state index contributed by atoms with van der Waals surface area (Å²) < 4.78 is 8.48. The lowest BCUT2D eigenvalue weighted by Crippen LogP contribution is -2.25. The van der Waals surface area contributed by atoms with Crippen molar-refractivity contribution in [2.45, 2.75) is 59.4 Å². The number of ether oxygens (including phenoxy) is 1. The molecule has 0 aliphatic heterocycles. The number of para-hydroxylation sites is 3. The van der Waals surface area contributed by atoms with Crippen LogP contribution in [0.5, 0.6) is 5.75 Å². The Morgan fingerprint density at radius 1 is 0.833 bits per heavy atom. The van der Waals surface area contributed by atoms with E-state index in [4.69, 9.17) is 9.72 Å². The molecule has 0 atom stereocenters. The van der Waals surface area contributed by atoms with Gasteiger partial charge in [-0.2, -0.15) is 0 Å². The van der Waals surface area contributed by atoms with Gasteiger partial charge >= 0.3 is 0 Å². The summed E-state index contributed by atoms with van der Waals surface area (Å²) in [6.07, 6.45) is 4.90. The molecule has 3 aromatic carbocycles. The Balaban J connectivity index is 1.27.